The molecule has 0 aromatic heterocycles. The first-order valence-corrected chi connectivity index (χ1v) is 11.5. The first-order chi connectivity index (χ1) is 10.8. The van der Waals surface area contributed by atoms with Crippen LogP contribution in [-0.4, -0.2) is 0 Å². The van der Waals surface area contributed by atoms with Crippen molar-refractivity contribution in [1.82, 2.24) is 0 Å². The van der Waals surface area contributed by atoms with Crippen molar-refractivity contribution in [2.45, 2.75) is 39.5 Å². The largest absolute Gasteiger partial charge is 0.428 e. The van der Waals surface area contributed by atoms with Crippen LogP contribution in [0.3, 0.4) is 0 Å². The zero-order chi connectivity index (χ0) is 17.0. The summed E-state index contributed by atoms with van der Waals surface area (Å²) in [6.45, 7) is 8.57. The van der Waals surface area contributed by atoms with E-state index in [9.17, 15) is 0 Å². The first-order valence-electron chi connectivity index (χ1n) is 7.69. The van der Waals surface area contributed by atoms with Crippen molar-refractivity contribution in [2.24, 2.45) is 0 Å². The van der Waals surface area contributed by atoms with E-state index in [1.165, 1.54) is 11.1 Å². The summed E-state index contributed by atoms with van der Waals surface area (Å²) in [7, 11) is 0. The Bertz CT molecular complexity index is 656. The smallest absolute Gasteiger partial charge is 0.345 e. The maximum absolute atomic E-state index is 5.86. The normalized spacial score (nSPS) is 11.8. The van der Waals surface area contributed by atoms with Crippen molar-refractivity contribution in [2.75, 3.05) is 0 Å². The minimum absolute atomic E-state index is 0.431. The maximum Gasteiger partial charge on any atom is 0.345 e. The van der Waals surface area contributed by atoms with Crippen molar-refractivity contribution < 1.29 is 9.05 Å². The third kappa shape index (κ3) is 5.56. The molecule has 0 bridgehead atoms. The van der Waals surface area contributed by atoms with Crippen LogP contribution < -0.4 is 9.05 Å². The summed E-state index contributed by atoms with van der Waals surface area (Å²) in [6, 6.07) is 15.8. The fraction of sp³-hybridized carbons (Fsp3) is 0.333. The van der Waals surface area contributed by atoms with Gasteiger partial charge in [-0.05, 0) is 59.0 Å². The Morgan fingerprint density at radius 2 is 1.22 bits per heavy atom. The zero-order valence-electron chi connectivity index (χ0n) is 13.9. The highest BCUT2D eigenvalue weighted by Gasteiger charge is 2.18. The Morgan fingerprint density at radius 1 is 0.826 bits per heavy atom. The molecule has 5 heteroatoms. The third-order valence-corrected chi connectivity index (χ3v) is 5.31. The van der Waals surface area contributed by atoms with Gasteiger partial charge in [-0.3, -0.25) is 0 Å². The van der Waals surface area contributed by atoms with E-state index in [1.54, 1.807) is 0 Å². The van der Waals surface area contributed by atoms with Gasteiger partial charge in [0.2, 0.25) is 0 Å². The summed E-state index contributed by atoms with van der Waals surface area (Å²) in [6.07, 6.45) is 0. The van der Waals surface area contributed by atoms with E-state index in [4.69, 9.17) is 20.9 Å². The van der Waals surface area contributed by atoms with Crippen molar-refractivity contribution in [1.29, 1.82) is 0 Å². The molecule has 0 saturated carbocycles. The van der Waals surface area contributed by atoms with Crippen LogP contribution >= 0.6 is 17.9 Å². The second kappa shape index (κ2) is 7.74. The van der Waals surface area contributed by atoms with Crippen molar-refractivity contribution >= 4 is 29.7 Å². The molecule has 0 N–H and O–H groups in total. The third-order valence-electron chi connectivity index (χ3n) is 3.49. The van der Waals surface area contributed by atoms with Gasteiger partial charge in [0.05, 0.1) is 0 Å². The van der Waals surface area contributed by atoms with Gasteiger partial charge in [-0.25, -0.2) is 0 Å². The Hall–Kier alpha value is -0.960. The zero-order valence-corrected chi connectivity index (χ0v) is 16.5. The van der Waals surface area contributed by atoms with Crippen LogP contribution in [0, 0.1) is 0 Å². The molecular formula is C18H23O2PS2. The van der Waals surface area contributed by atoms with E-state index in [2.05, 4.69) is 52.1 Å². The molecule has 0 atom stereocenters. The van der Waals surface area contributed by atoms with Gasteiger partial charge in [0.25, 0.3) is 0 Å². The SMILES string of the molecule is CC(C)c1cccc(OP(=S)(S)Oc2cccc(C(C)C)c2)c1. The Balaban J connectivity index is 2.14. The highest BCUT2D eigenvalue weighted by atomic mass is 32.9. The molecule has 0 fully saturated rings. The van der Waals surface area contributed by atoms with Gasteiger partial charge in [0, 0.05) is 0 Å². The van der Waals surface area contributed by atoms with Crippen molar-refractivity contribution in [3.63, 3.8) is 0 Å². The molecule has 0 heterocycles. The molecule has 0 unspecified atom stereocenters. The summed E-state index contributed by atoms with van der Waals surface area (Å²) < 4.78 is 11.7. The van der Waals surface area contributed by atoms with Crippen LogP contribution in [0.4, 0.5) is 0 Å². The minimum atomic E-state index is -2.71. The molecular weight excluding hydrogens is 343 g/mol. The van der Waals surface area contributed by atoms with Gasteiger partial charge in [-0.1, -0.05) is 64.2 Å². The molecule has 0 amide bonds. The standard InChI is InChI=1S/C18H23O2PS2/c1-13(2)15-7-5-9-17(11-15)19-21(22,23)20-18-10-6-8-16(12-18)14(3)4/h5-14H,1-4H3,(H,22,23). The molecule has 0 radical (unpaired) electrons. The number of hydrogen-bond donors (Lipinski definition) is 1. The maximum atomic E-state index is 5.86. The second-order valence-corrected chi connectivity index (χ2v) is 11.2. The number of thiol groups is 1. The van der Waals surface area contributed by atoms with Gasteiger partial charge >= 0.3 is 5.69 Å². The Labute approximate surface area is 149 Å². The molecule has 2 rings (SSSR count). The van der Waals surface area contributed by atoms with E-state index in [0.29, 0.717) is 23.3 Å². The summed E-state index contributed by atoms with van der Waals surface area (Å²) >= 11 is 9.92. The Kier molecular flexibility index (Phi) is 6.19. The molecule has 0 saturated heterocycles. The lowest BCUT2D eigenvalue weighted by Gasteiger charge is -2.20. The predicted molar refractivity (Wildman–Crippen MR) is 106 cm³/mol. The fourth-order valence-corrected chi connectivity index (χ4v) is 4.03. The second-order valence-electron chi connectivity index (χ2n) is 6.11. The van der Waals surface area contributed by atoms with Crippen LogP contribution in [0.25, 0.3) is 0 Å². The van der Waals surface area contributed by atoms with Crippen molar-refractivity contribution in [3.05, 3.63) is 59.7 Å². The summed E-state index contributed by atoms with van der Waals surface area (Å²) in [5.41, 5.74) is -0.306. The van der Waals surface area contributed by atoms with Gasteiger partial charge in [-0.15, -0.1) is 0 Å². The summed E-state index contributed by atoms with van der Waals surface area (Å²) in [5, 5.41) is 0. The topological polar surface area (TPSA) is 18.5 Å². The molecule has 2 aromatic carbocycles. The summed E-state index contributed by atoms with van der Waals surface area (Å²) in [4.78, 5) is 0. The van der Waals surface area contributed by atoms with E-state index in [-0.39, 0.29) is 0 Å². The molecule has 2 nitrogen and oxygen atoms in total. The van der Waals surface area contributed by atoms with E-state index in [1.807, 2.05) is 36.4 Å². The first kappa shape index (κ1) is 18.4. The van der Waals surface area contributed by atoms with E-state index >= 15 is 0 Å². The number of benzene rings is 2. The van der Waals surface area contributed by atoms with Crippen LogP contribution in [-0.2, 0) is 11.8 Å². The van der Waals surface area contributed by atoms with Crippen LogP contribution in [0.5, 0.6) is 11.5 Å². The predicted octanol–water partition coefficient (Wildman–Crippen LogP) is 6.55. The van der Waals surface area contributed by atoms with Gasteiger partial charge in [0.15, 0.2) is 0 Å². The van der Waals surface area contributed by atoms with Crippen molar-refractivity contribution in [3.8, 4) is 11.5 Å². The number of hydrogen-bond acceptors (Lipinski definition) is 3. The Morgan fingerprint density at radius 3 is 1.57 bits per heavy atom. The molecule has 0 aliphatic carbocycles. The fourth-order valence-electron chi connectivity index (χ4n) is 2.15. The average Bonchev–Trinajstić information content (AvgIpc) is 2.46. The molecule has 2 aromatic rings. The van der Waals surface area contributed by atoms with Gasteiger partial charge in [-0.2, -0.15) is 0 Å². The molecule has 0 spiro atoms. The highest BCUT2D eigenvalue weighted by Crippen LogP contribution is 2.53. The molecule has 124 valence electrons. The quantitative estimate of drug-likeness (QED) is 0.462. The lowest BCUT2D eigenvalue weighted by atomic mass is 10.0. The van der Waals surface area contributed by atoms with Crippen LogP contribution in [0.2, 0.25) is 0 Å². The molecule has 23 heavy (non-hydrogen) atoms. The van der Waals surface area contributed by atoms with Gasteiger partial charge in [0.1, 0.15) is 11.5 Å². The molecule has 0 aliphatic rings. The lowest BCUT2D eigenvalue weighted by Crippen LogP contribution is -1.97. The molecule has 0 aliphatic heterocycles. The monoisotopic (exact) mass is 366 g/mol. The van der Waals surface area contributed by atoms with Crippen LogP contribution in [0.15, 0.2) is 48.5 Å². The average molecular weight is 366 g/mol. The highest BCUT2D eigenvalue weighted by molar-refractivity contribution is 8.60. The van der Waals surface area contributed by atoms with E-state index < -0.39 is 5.69 Å². The minimum Gasteiger partial charge on any atom is -0.428 e. The van der Waals surface area contributed by atoms with E-state index in [0.717, 1.165) is 0 Å². The lowest BCUT2D eigenvalue weighted by molar-refractivity contribution is 0.505. The summed E-state index contributed by atoms with van der Waals surface area (Å²) in [5.74, 6) is 2.27. The van der Waals surface area contributed by atoms with Gasteiger partial charge < -0.3 is 9.05 Å². The van der Waals surface area contributed by atoms with Crippen LogP contribution in [0.1, 0.15) is 50.7 Å². The number of rotatable bonds is 6.